The number of piperidine rings is 1. The van der Waals surface area contributed by atoms with Crippen LogP contribution in [0, 0.1) is 0 Å². The second-order valence-electron chi connectivity index (χ2n) is 9.45. The molecule has 0 radical (unpaired) electrons. The average molecular weight is 548 g/mol. The number of likely N-dealkylation sites (tertiary alicyclic amines) is 1. The summed E-state index contributed by atoms with van der Waals surface area (Å²) in [4.78, 5) is 20.4. The number of hydrogen-bond donors (Lipinski definition) is 0. The van der Waals surface area contributed by atoms with E-state index in [9.17, 15) is 4.79 Å². The normalized spacial score (nSPS) is 14.7. The molecule has 4 heterocycles. The Balaban J connectivity index is 1.15. The average Bonchev–Trinajstić information content (AvgIpc) is 3.58. The fourth-order valence-corrected chi connectivity index (χ4v) is 5.97. The number of benzene rings is 2. The fourth-order valence-electron chi connectivity index (χ4n) is 5.14. The zero-order valence-electron chi connectivity index (χ0n) is 22.0. The second-order valence-corrected chi connectivity index (χ2v) is 10.4. The Morgan fingerprint density at radius 1 is 0.974 bits per heavy atom. The summed E-state index contributed by atoms with van der Waals surface area (Å²) in [6.07, 6.45) is 3.55. The van der Waals surface area contributed by atoms with Gasteiger partial charge in [0.05, 0.1) is 38.6 Å². The summed E-state index contributed by atoms with van der Waals surface area (Å²) >= 11 is 1.47. The molecule has 0 amide bonds. The molecule has 0 unspecified atom stereocenters. The number of nitrogens with zero attached hydrogens (tertiary/aromatic N) is 7. The van der Waals surface area contributed by atoms with Gasteiger partial charge in [0.1, 0.15) is 5.01 Å². The number of para-hydroxylation sites is 1. The summed E-state index contributed by atoms with van der Waals surface area (Å²) in [6.45, 7) is 3.24. The van der Waals surface area contributed by atoms with Crippen molar-refractivity contribution < 1.29 is 14.2 Å². The highest BCUT2D eigenvalue weighted by Crippen LogP contribution is 2.42. The third-order valence-electron chi connectivity index (χ3n) is 7.27. The first-order valence-corrected chi connectivity index (χ1v) is 13.6. The van der Waals surface area contributed by atoms with Gasteiger partial charge in [-0.05, 0) is 50.2 Å². The highest BCUT2D eigenvalue weighted by atomic mass is 32.1. The maximum atomic E-state index is 12.8. The lowest BCUT2D eigenvalue weighted by Crippen LogP contribution is -2.37. The van der Waals surface area contributed by atoms with E-state index in [1.165, 1.54) is 11.3 Å². The maximum absolute atomic E-state index is 12.8. The maximum Gasteiger partial charge on any atom is 0.261 e. The smallest absolute Gasteiger partial charge is 0.261 e. The Morgan fingerprint density at radius 2 is 1.72 bits per heavy atom. The Morgan fingerprint density at radius 3 is 2.44 bits per heavy atom. The summed E-state index contributed by atoms with van der Waals surface area (Å²) in [7, 11) is 4.78. The van der Waals surface area contributed by atoms with Crippen molar-refractivity contribution in [3.8, 4) is 27.8 Å². The van der Waals surface area contributed by atoms with Crippen molar-refractivity contribution in [3.05, 3.63) is 58.9 Å². The van der Waals surface area contributed by atoms with Crippen LogP contribution >= 0.6 is 11.3 Å². The Labute approximate surface area is 228 Å². The third kappa shape index (κ3) is 4.70. The first-order chi connectivity index (χ1) is 19.1. The van der Waals surface area contributed by atoms with Gasteiger partial charge in [0.2, 0.25) is 10.7 Å². The van der Waals surface area contributed by atoms with Crippen molar-refractivity contribution in [3.63, 3.8) is 0 Å². The van der Waals surface area contributed by atoms with E-state index in [1.807, 2.05) is 40.9 Å². The molecule has 2 aromatic carbocycles. The Kier molecular flexibility index (Phi) is 6.88. The molecule has 0 saturated carbocycles. The minimum atomic E-state index is 0.00720. The molecule has 11 nitrogen and oxygen atoms in total. The van der Waals surface area contributed by atoms with E-state index in [1.54, 1.807) is 32.2 Å². The van der Waals surface area contributed by atoms with Gasteiger partial charge in [-0.15, -0.1) is 10.2 Å². The van der Waals surface area contributed by atoms with Gasteiger partial charge in [-0.1, -0.05) is 23.5 Å². The number of rotatable bonds is 8. The number of fused-ring (bicyclic) bond motifs is 2. The predicted octanol–water partition coefficient (Wildman–Crippen LogP) is 3.47. The molecular weight excluding hydrogens is 518 g/mol. The third-order valence-corrected chi connectivity index (χ3v) is 8.22. The molecule has 0 N–H and O–H groups in total. The minimum absolute atomic E-state index is 0.00720. The molecule has 0 spiro atoms. The van der Waals surface area contributed by atoms with Crippen LogP contribution in [0.3, 0.4) is 0 Å². The van der Waals surface area contributed by atoms with Crippen molar-refractivity contribution in [1.82, 2.24) is 34.3 Å². The molecule has 1 fully saturated rings. The van der Waals surface area contributed by atoms with E-state index < -0.39 is 0 Å². The van der Waals surface area contributed by atoms with E-state index in [0.29, 0.717) is 29.2 Å². The molecule has 1 saturated heterocycles. The first-order valence-electron chi connectivity index (χ1n) is 12.8. The lowest BCUT2D eigenvalue weighted by molar-refractivity contribution is 0.201. The van der Waals surface area contributed by atoms with Crippen molar-refractivity contribution in [2.45, 2.75) is 25.3 Å². The van der Waals surface area contributed by atoms with Crippen molar-refractivity contribution >= 4 is 27.2 Å². The van der Waals surface area contributed by atoms with E-state index in [0.717, 1.165) is 59.3 Å². The summed E-state index contributed by atoms with van der Waals surface area (Å²) in [5, 5.41) is 15.2. The number of ether oxygens (including phenoxy) is 3. The van der Waals surface area contributed by atoms with Crippen LogP contribution in [0.4, 0.5) is 0 Å². The first kappa shape index (κ1) is 25.3. The quantitative estimate of drug-likeness (QED) is 0.288. The molecule has 0 atom stereocenters. The summed E-state index contributed by atoms with van der Waals surface area (Å²) < 4.78 is 20.0. The molecule has 202 valence electrons. The number of methoxy groups -OCH3 is 3. The molecule has 39 heavy (non-hydrogen) atoms. The predicted molar refractivity (Wildman–Crippen MR) is 148 cm³/mol. The summed E-state index contributed by atoms with van der Waals surface area (Å²) in [6, 6.07) is 11.2. The van der Waals surface area contributed by atoms with Gasteiger partial charge in [0.25, 0.3) is 5.56 Å². The van der Waals surface area contributed by atoms with Crippen LogP contribution in [0.5, 0.6) is 17.2 Å². The summed E-state index contributed by atoms with van der Waals surface area (Å²) in [5.74, 6) is 2.84. The Bertz CT molecular complexity index is 1660. The number of hydrogen-bond acceptors (Lipinski definition) is 10. The Hall–Kier alpha value is -4.03. The van der Waals surface area contributed by atoms with E-state index in [4.69, 9.17) is 19.3 Å². The van der Waals surface area contributed by atoms with Gasteiger partial charge in [-0.25, -0.2) is 4.98 Å². The molecule has 5 aromatic rings. The van der Waals surface area contributed by atoms with E-state index in [-0.39, 0.29) is 11.5 Å². The standard InChI is InChI=1S/C27H29N7O4S/c1-36-21-14-18(15-22(37-2)23(21)38-3)25-31-34-24(29-30-27(34)39-25)17-8-10-32(11-9-17)12-13-33-16-28-20-7-5-4-6-19(20)26(33)35/h4-7,14-17H,8-13H2,1-3H3. The highest BCUT2D eigenvalue weighted by Gasteiger charge is 2.26. The zero-order valence-corrected chi connectivity index (χ0v) is 22.8. The topological polar surface area (TPSA) is 109 Å². The molecular formula is C27H29N7O4S. The molecule has 12 heteroatoms. The van der Waals surface area contributed by atoms with Crippen LogP contribution in [0.25, 0.3) is 26.4 Å². The lowest BCUT2D eigenvalue weighted by Gasteiger charge is -2.30. The van der Waals surface area contributed by atoms with Gasteiger partial charge >= 0.3 is 0 Å². The summed E-state index contributed by atoms with van der Waals surface area (Å²) in [5.41, 5.74) is 1.60. The molecule has 0 aliphatic carbocycles. The van der Waals surface area contributed by atoms with Crippen LogP contribution in [-0.2, 0) is 6.54 Å². The van der Waals surface area contributed by atoms with Gasteiger partial charge in [-0.2, -0.15) is 9.61 Å². The number of aromatic nitrogens is 6. The fraction of sp³-hybridized carbons (Fsp3) is 0.370. The van der Waals surface area contributed by atoms with Gasteiger partial charge in [-0.3, -0.25) is 9.36 Å². The molecule has 6 rings (SSSR count). The van der Waals surface area contributed by atoms with Crippen LogP contribution in [0.1, 0.15) is 24.6 Å². The van der Waals surface area contributed by atoms with Crippen LogP contribution in [0.2, 0.25) is 0 Å². The van der Waals surface area contributed by atoms with Crippen LogP contribution < -0.4 is 19.8 Å². The van der Waals surface area contributed by atoms with Crippen LogP contribution in [0.15, 0.2) is 47.5 Å². The molecule has 0 bridgehead atoms. The monoisotopic (exact) mass is 547 g/mol. The van der Waals surface area contributed by atoms with E-state index >= 15 is 0 Å². The zero-order chi connectivity index (χ0) is 26.9. The van der Waals surface area contributed by atoms with Gasteiger partial charge in [0, 0.05) is 24.6 Å². The molecule has 1 aliphatic heterocycles. The largest absolute Gasteiger partial charge is 0.493 e. The van der Waals surface area contributed by atoms with E-state index in [2.05, 4.69) is 20.1 Å². The van der Waals surface area contributed by atoms with Crippen LogP contribution in [-0.4, -0.2) is 75.2 Å². The van der Waals surface area contributed by atoms with Gasteiger partial charge < -0.3 is 19.1 Å². The van der Waals surface area contributed by atoms with Crippen molar-refractivity contribution in [2.24, 2.45) is 0 Å². The minimum Gasteiger partial charge on any atom is -0.493 e. The van der Waals surface area contributed by atoms with Gasteiger partial charge in [0.15, 0.2) is 17.3 Å². The van der Waals surface area contributed by atoms with Crippen molar-refractivity contribution in [1.29, 1.82) is 0 Å². The lowest BCUT2D eigenvalue weighted by atomic mass is 9.96. The SMILES string of the molecule is COc1cc(-c2nn3c(C4CCN(CCn5cnc6ccccc6c5=O)CC4)nnc3s2)cc(OC)c1OC. The molecule has 3 aromatic heterocycles. The second kappa shape index (κ2) is 10.6. The van der Waals surface area contributed by atoms with Crippen molar-refractivity contribution in [2.75, 3.05) is 41.0 Å². The molecule has 1 aliphatic rings. The highest BCUT2D eigenvalue weighted by molar-refractivity contribution is 7.19.